The summed E-state index contributed by atoms with van der Waals surface area (Å²) in [6.45, 7) is 3.91. The fourth-order valence-electron chi connectivity index (χ4n) is 3.30. The predicted molar refractivity (Wildman–Crippen MR) is 87.4 cm³/mol. The summed E-state index contributed by atoms with van der Waals surface area (Å²) >= 11 is 0. The molecule has 120 valence electrons. The molecule has 6 nitrogen and oxygen atoms in total. The van der Waals surface area contributed by atoms with Crippen LogP contribution in [0.1, 0.15) is 43.0 Å². The van der Waals surface area contributed by atoms with Crippen molar-refractivity contribution in [3.63, 3.8) is 0 Å². The van der Waals surface area contributed by atoms with E-state index < -0.39 is 12.0 Å². The standard InChI is InChI=1S/C17H19N3O3/c1-3-10-5-14(17(22)23)20-13(10)6-11(7-15(20)21)12-4-9(2)8-19-16(12)18/h4,6-8,10,14H,3,5H2,1-2H3,(H2,18,19)(H,22,23)/t10?,14-/m0/s1. The van der Waals surface area contributed by atoms with Gasteiger partial charge in [-0.3, -0.25) is 9.36 Å². The quantitative estimate of drug-likeness (QED) is 0.906. The molecule has 3 N–H and O–H groups in total. The van der Waals surface area contributed by atoms with Crippen molar-refractivity contribution in [3.8, 4) is 11.1 Å². The number of fused-ring (bicyclic) bond motifs is 1. The van der Waals surface area contributed by atoms with Crippen molar-refractivity contribution in [1.82, 2.24) is 9.55 Å². The molecule has 0 saturated heterocycles. The molecule has 0 radical (unpaired) electrons. The number of nitrogens with two attached hydrogens (primary N) is 1. The third kappa shape index (κ3) is 2.50. The molecular formula is C17H19N3O3. The van der Waals surface area contributed by atoms with Gasteiger partial charge in [-0.15, -0.1) is 0 Å². The highest BCUT2D eigenvalue weighted by Crippen LogP contribution is 2.38. The van der Waals surface area contributed by atoms with Crippen LogP contribution >= 0.6 is 0 Å². The van der Waals surface area contributed by atoms with Crippen LogP contribution in [0, 0.1) is 6.92 Å². The molecule has 6 heteroatoms. The maximum atomic E-state index is 12.5. The maximum Gasteiger partial charge on any atom is 0.326 e. The highest BCUT2D eigenvalue weighted by molar-refractivity contribution is 5.76. The molecule has 0 fully saturated rings. The second-order valence-electron chi connectivity index (χ2n) is 6.02. The molecule has 1 aliphatic heterocycles. The highest BCUT2D eigenvalue weighted by Gasteiger charge is 2.35. The first-order chi connectivity index (χ1) is 10.9. The van der Waals surface area contributed by atoms with Gasteiger partial charge in [0.05, 0.1) is 0 Å². The van der Waals surface area contributed by atoms with Crippen LogP contribution in [0.4, 0.5) is 5.82 Å². The van der Waals surface area contributed by atoms with E-state index in [-0.39, 0.29) is 11.5 Å². The predicted octanol–water partition coefficient (Wildman–Crippen LogP) is 2.32. The number of hydrogen-bond acceptors (Lipinski definition) is 4. The Morgan fingerprint density at radius 1 is 1.43 bits per heavy atom. The van der Waals surface area contributed by atoms with E-state index in [1.807, 2.05) is 26.0 Å². The summed E-state index contributed by atoms with van der Waals surface area (Å²) in [6, 6.07) is 4.43. The zero-order valence-electron chi connectivity index (χ0n) is 13.1. The van der Waals surface area contributed by atoms with Crippen molar-refractivity contribution in [3.05, 3.63) is 46.0 Å². The van der Waals surface area contributed by atoms with Crippen molar-refractivity contribution in [2.75, 3.05) is 5.73 Å². The Morgan fingerprint density at radius 2 is 2.17 bits per heavy atom. The summed E-state index contributed by atoms with van der Waals surface area (Å²) < 4.78 is 1.40. The SMILES string of the molecule is CCC1C[C@@H](C(=O)O)n2c1cc(-c1cc(C)cnc1N)cc2=O. The summed E-state index contributed by atoms with van der Waals surface area (Å²) in [6.07, 6.45) is 2.91. The van der Waals surface area contributed by atoms with Gasteiger partial charge in [-0.25, -0.2) is 9.78 Å². The summed E-state index contributed by atoms with van der Waals surface area (Å²) in [5, 5.41) is 9.37. The van der Waals surface area contributed by atoms with E-state index in [1.165, 1.54) is 10.6 Å². The molecule has 0 aliphatic carbocycles. The molecular weight excluding hydrogens is 294 g/mol. The number of anilines is 1. The maximum absolute atomic E-state index is 12.5. The zero-order chi connectivity index (χ0) is 16.7. The molecule has 2 aromatic rings. The molecule has 0 aromatic carbocycles. The van der Waals surface area contributed by atoms with Gasteiger partial charge in [-0.2, -0.15) is 0 Å². The second kappa shape index (κ2) is 5.53. The van der Waals surface area contributed by atoms with E-state index in [4.69, 9.17) is 5.73 Å². The lowest BCUT2D eigenvalue weighted by atomic mass is 9.97. The van der Waals surface area contributed by atoms with Gasteiger partial charge >= 0.3 is 5.97 Å². The molecule has 0 saturated carbocycles. The normalized spacial score (nSPS) is 19.6. The molecule has 2 aromatic heterocycles. The molecule has 0 amide bonds. The van der Waals surface area contributed by atoms with E-state index in [2.05, 4.69) is 4.98 Å². The van der Waals surface area contributed by atoms with Crippen molar-refractivity contribution in [2.45, 2.75) is 38.6 Å². The van der Waals surface area contributed by atoms with Crippen molar-refractivity contribution in [1.29, 1.82) is 0 Å². The van der Waals surface area contributed by atoms with Gasteiger partial charge in [0, 0.05) is 29.4 Å². The van der Waals surface area contributed by atoms with Crippen LogP contribution in [0.3, 0.4) is 0 Å². The van der Waals surface area contributed by atoms with Gasteiger partial charge < -0.3 is 10.8 Å². The van der Waals surface area contributed by atoms with Gasteiger partial charge in [0.2, 0.25) is 0 Å². The number of nitrogens with zero attached hydrogens (tertiary/aromatic N) is 2. The summed E-state index contributed by atoms with van der Waals surface area (Å²) in [4.78, 5) is 28.1. The Morgan fingerprint density at radius 3 is 2.83 bits per heavy atom. The largest absolute Gasteiger partial charge is 0.480 e. The van der Waals surface area contributed by atoms with E-state index >= 15 is 0 Å². The van der Waals surface area contributed by atoms with Crippen LogP contribution in [0.5, 0.6) is 0 Å². The minimum absolute atomic E-state index is 0.0581. The van der Waals surface area contributed by atoms with Gasteiger partial charge in [-0.05, 0) is 43.0 Å². The molecule has 0 spiro atoms. The van der Waals surface area contributed by atoms with E-state index in [9.17, 15) is 14.7 Å². The van der Waals surface area contributed by atoms with Crippen LogP contribution in [0.15, 0.2) is 29.2 Å². The Bertz CT molecular complexity index is 841. The minimum atomic E-state index is -0.964. The highest BCUT2D eigenvalue weighted by atomic mass is 16.4. The van der Waals surface area contributed by atoms with Crippen LogP contribution in [-0.4, -0.2) is 20.6 Å². The number of carboxylic acid groups (broad SMARTS) is 1. The monoisotopic (exact) mass is 313 g/mol. The molecule has 3 rings (SSSR count). The van der Waals surface area contributed by atoms with Crippen LogP contribution < -0.4 is 11.3 Å². The first kappa shape index (κ1) is 15.3. The number of aromatic nitrogens is 2. The molecule has 2 atom stereocenters. The molecule has 1 unspecified atom stereocenters. The number of aryl methyl sites for hydroxylation is 1. The summed E-state index contributed by atoms with van der Waals surface area (Å²) in [5.41, 5.74) is 8.76. The lowest BCUT2D eigenvalue weighted by Crippen LogP contribution is -2.27. The smallest absolute Gasteiger partial charge is 0.326 e. The molecule has 1 aliphatic rings. The Balaban J connectivity index is 2.21. The summed E-state index contributed by atoms with van der Waals surface area (Å²) in [7, 11) is 0. The number of aliphatic carboxylic acids is 1. The average Bonchev–Trinajstić information content (AvgIpc) is 2.89. The van der Waals surface area contributed by atoms with E-state index in [0.717, 1.165) is 17.7 Å². The van der Waals surface area contributed by atoms with Crippen molar-refractivity contribution < 1.29 is 9.90 Å². The Kier molecular flexibility index (Phi) is 3.67. The van der Waals surface area contributed by atoms with Gasteiger partial charge in [0.1, 0.15) is 11.9 Å². The van der Waals surface area contributed by atoms with Gasteiger partial charge in [0.15, 0.2) is 0 Å². The first-order valence-corrected chi connectivity index (χ1v) is 7.64. The lowest BCUT2D eigenvalue weighted by Gasteiger charge is -2.13. The zero-order valence-corrected chi connectivity index (χ0v) is 13.1. The lowest BCUT2D eigenvalue weighted by molar-refractivity contribution is -0.140. The Labute approximate surface area is 133 Å². The molecule has 3 heterocycles. The van der Waals surface area contributed by atoms with Gasteiger partial charge in [0.25, 0.3) is 5.56 Å². The number of rotatable bonds is 3. The third-order valence-electron chi connectivity index (χ3n) is 4.48. The second-order valence-corrected chi connectivity index (χ2v) is 6.02. The van der Waals surface area contributed by atoms with E-state index in [1.54, 1.807) is 6.20 Å². The van der Waals surface area contributed by atoms with Crippen molar-refractivity contribution >= 4 is 11.8 Å². The molecule has 23 heavy (non-hydrogen) atoms. The first-order valence-electron chi connectivity index (χ1n) is 7.64. The summed E-state index contributed by atoms with van der Waals surface area (Å²) in [5.74, 6) is -0.544. The fourth-order valence-corrected chi connectivity index (χ4v) is 3.30. The number of hydrogen-bond donors (Lipinski definition) is 2. The number of pyridine rings is 2. The number of nitrogen functional groups attached to an aromatic ring is 1. The van der Waals surface area contributed by atoms with Crippen LogP contribution in [0.25, 0.3) is 11.1 Å². The molecule has 0 bridgehead atoms. The fraction of sp³-hybridized carbons (Fsp3) is 0.353. The number of carbonyl (C=O) groups is 1. The van der Waals surface area contributed by atoms with E-state index in [0.29, 0.717) is 23.4 Å². The Hall–Kier alpha value is -2.63. The van der Waals surface area contributed by atoms with Crippen LogP contribution in [-0.2, 0) is 4.79 Å². The topological polar surface area (TPSA) is 98.2 Å². The van der Waals surface area contributed by atoms with Gasteiger partial charge in [-0.1, -0.05) is 6.92 Å². The minimum Gasteiger partial charge on any atom is -0.480 e. The van der Waals surface area contributed by atoms with Crippen LogP contribution in [0.2, 0.25) is 0 Å². The average molecular weight is 313 g/mol. The number of carboxylic acids is 1. The van der Waals surface area contributed by atoms with Crippen molar-refractivity contribution in [2.24, 2.45) is 0 Å². The third-order valence-corrected chi connectivity index (χ3v) is 4.48.